The topological polar surface area (TPSA) is 72.9 Å². The number of nitrogens with zero attached hydrogens (tertiary/aromatic N) is 2. The van der Waals surface area contributed by atoms with Gasteiger partial charge in [-0.2, -0.15) is 0 Å². The van der Waals surface area contributed by atoms with Gasteiger partial charge in [0.1, 0.15) is 11.5 Å². The summed E-state index contributed by atoms with van der Waals surface area (Å²) in [4.78, 5) is 15.7. The van der Waals surface area contributed by atoms with Crippen molar-refractivity contribution in [3.63, 3.8) is 0 Å². The Balaban J connectivity index is 2.01. The molecule has 0 radical (unpaired) electrons. The summed E-state index contributed by atoms with van der Waals surface area (Å²) in [7, 11) is 1.77. The average Bonchev–Trinajstić information content (AvgIpc) is 2.83. The monoisotopic (exact) mass is 262 g/mol. The molecule has 6 heteroatoms. The molecule has 100 valence electrons. The van der Waals surface area contributed by atoms with Gasteiger partial charge in [-0.25, -0.2) is 9.37 Å². The molecule has 19 heavy (non-hydrogen) atoms. The van der Waals surface area contributed by atoms with Crippen molar-refractivity contribution in [2.24, 2.45) is 12.8 Å². The van der Waals surface area contributed by atoms with Crippen LogP contribution in [-0.2, 0) is 20.1 Å². The van der Waals surface area contributed by atoms with Crippen LogP contribution in [0.2, 0.25) is 0 Å². The zero-order chi connectivity index (χ0) is 13.8. The van der Waals surface area contributed by atoms with E-state index >= 15 is 0 Å². The van der Waals surface area contributed by atoms with E-state index in [0.29, 0.717) is 11.3 Å². The normalized spacial score (nSPS) is 10.5. The molecular weight excluding hydrogens is 247 g/mol. The third-order valence-corrected chi connectivity index (χ3v) is 2.73. The number of rotatable bonds is 4. The third kappa shape index (κ3) is 3.17. The highest BCUT2D eigenvalue weighted by molar-refractivity contribution is 5.91. The highest BCUT2D eigenvalue weighted by Gasteiger charge is 2.09. The smallest absolute Gasteiger partial charge is 0.271 e. The van der Waals surface area contributed by atoms with Crippen LogP contribution in [0.4, 0.5) is 4.39 Å². The number of carbonyl (C=O) groups is 1. The Morgan fingerprint density at radius 3 is 2.89 bits per heavy atom. The lowest BCUT2D eigenvalue weighted by atomic mass is 10.1. The lowest BCUT2D eigenvalue weighted by Gasteiger charge is -2.06. The van der Waals surface area contributed by atoms with Gasteiger partial charge >= 0.3 is 0 Å². The van der Waals surface area contributed by atoms with Crippen molar-refractivity contribution in [1.82, 2.24) is 14.9 Å². The van der Waals surface area contributed by atoms with Crippen molar-refractivity contribution in [2.75, 3.05) is 0 Å². The van der Waals surface area contributed by atoms with Crippen molar-refractivity contribution in [3.05, 3.63) is 53.4 Å². The number of aryl methyl sites for hydroxylation is 1. The molecule has 0 bridgehead atoms. The van der Waals surface area contributed by atoms with Crippen LogP contribution in [0.3, 0.4) is 0 Å². The minimum atomic E-state index is -0.371. The number of nitrogens with one attached hydrogen (secondary N) is 1. The van der Waals surface area contributed by atoms with Gasteiger partial charge in [-0.05, 0) is 11.6 Å². The molecule has 0 unspecified atom stereocenters. The molecule has 1 aromatic carbocycles. The maximum Gasteiger partial charge on any atom is 0.271 e. The highest BCUT2D eigenvalue weighted by atomic mass is 19.1. The summed E-state index contributed by atoms with van der Waals surface area (Å²) in [5.74, 6) is -0.702. The van der Waals surface area contributed by atoms with Crippen LogP contribution in [-0.4, -0.2) is 15.5 Å². The average molecular weight is 262 g/mol. The fourth-order valence-electron chi connectivity index (χ4n) is 1.66. The van der Waals surface area contributed by atoms with E-state index < -0.39 is 0 Å². The Labute approximate surface area is 110 Å². The Morgan fingerprint density at radius 2 is 2.32 bits per heavy atom. The maximum atomic E-state index is 13.7. The van der Waals surface area contributed by atoms with Crippen LogP contribution in [0.1, 0.15) is 21.6 Å². The SMILES string of the molecule is Cn1cnc(C(=O)NCc2ccc(CN)cc2F)c1. The van der Waals surface area contributed by atoms with E-state index in [-0.39, 0.29) is 24.8 Å². The van der Waals surface area contributed by atoms with E-state index in [1.54, 1.807) is 29.9 Å². The Morgan fingerprint density at radius 1 is 1.53 bits per heavy atom. The van der Waals surface area contributed by atoms with Gasteiger partial charge in [0.05, 0.1) is 6.33 Å². The first kappa shape index (κ1) is 13.2. The van der Waals surface area contributed by atoms with Gasteiger partial charge in [0.2, 0.25) is 0 Å². The van der Waals surface area contributed by atoms with Crippen LogP contribution < -0.4 is 11.1 Å². The summed E-state index contributed by atoms with van der Waals surface area (Å²) >= 11 is 0. The summed E-state index contributed by atoms with van der Waals surface area (Å²) in [5.41, 5.74) is 6.87. The summed E-state index contributed by atoms with van der Waals surface area (Å²) in [6.07, 6.45) is 3.13. The molecule has 0 aliphatic heterocycles. The van der Waals surface area contributed by atoms with E-state index in [1.165, 1.54) is 12.4 Å². The molecule has 5 nitrogen and oxygen atoms in total. The minimum Gasteiger partial charge on any atom is -0.346 e. The molecule has 0 fully saturated rings. The molecule has 0 aliphatic rings. The van der Waals surface area contributed by atoms with Crippen molar-refractivity contribution in [1.29, 1.82) is 0 Å². The van der Waals surface area contributed by atoms with E-state index in [0.717, 1.165) is 5.56 Å². The molecule has 1 heterocycles. The van der Waals surface area contributed by atoms with Crippen LogP contribution in [0, 0.1) is 5.82 Å². The molecule has 0 aliphatic carbocycles. The third-order valence-electron chi connectivity index (χ3n) is 2.73. The van der Waals surface area contributed by atoms with Gasteiger partial charge in [0.25, 0.3) is 5.91 Å². The number of nitrogens with two attached hydrogens (primary N) is 1. The number of halogens is 1. The maximum absolute atomic E-state index is 13.7. The van der Waals surface area contributed by atoms with E-state index in [4.69, 9.17) is 5.73 Å². The molecule has 1 aromatic heterocycles. The Bertz CT molecular complexity index is 594. The van der Waals surface area contributed by atoms with Crippen LogP contribution in [0.15, 0.2) is 30.7 Å². The molecule has 0 saturated carbocycles. The van der Waals surface area contributed by atoms with Crippen LogP contribution >= 0.6 is 0 Å². The number of hydrogen-bond donors (Lipinski definition) is 2. The van der Waals surface area contributed by atoms with Crippen molar-refractivity contribution >= 4 is 5.91 Å². The largest absolute Gasteiger partial charge is 0.346 e. The second-order valence-electron chi connectivity index (χ2n) is 4.24. The number of hydrogen-bond acceptors (Lipinski definition) is 3. The van der Waals surface area contributed by atoms with E-state index in [1.807, 2.05) is 0 Å². The van der Waals surface area contributed by atoms with Crippen molar-refractivity contribution in [2.45, 2.75) is 13.1 Å². The molecule has 1 amide bonds. The number of benzene rings is 1. The van der Waals surface area contributed by atoms with Crippen molar-refractivity contribution in [3.8, 4) is 0 Å². The van der Waals surface area contributed by atoms with Crippen LogP contribution in [0.25, 0.3) is 0 Å². The lowest BCUT2D eigenvalue weighted by Crippen LogP contribution is -2.23. The first-order valence-electron chi connectivity index (χ1n) is 5.83. The van der Waals surface area contributed by atoms with E-state index in [9.17, 15) is 9.18 Å². The molecule has 0 atom stereocenters. The molecule has 2 aromatic rings. The van der Waals surface area contributed by atoms with Gasteiger partial charge in [-0.15, -0.1) is 0 Å². The predicted octanol–water partition coefficient (Wildman–Crippen LogP) is 0.948. The Kier molecular flexibility index (Phi) is 3.91. The molecular formula is C13H15FN4O. The molecule has 0 spiro atoms. The quantitative estimate of drug-likeness (QED) is 0.861. The minimum absolute atomic E-state index is 0.117. The predicted molar refractivity (Wildman–Crippen MR) is 68.7 cm³/mol. The summed E-state index contributed by atoms with van der Waals surface area (Å²) in [6.45, 7) is 0.406. The highest BCUT2D eigenvalue weighted by Crippen LogP contribution is 2.10. The molecule has 3 N–H and O–H groups in total. The first-order chi connectivity index (χ1) is 9.10. The fourth-order valence-corrected chi connectivity index (χ4v) is 1.66. The van der Waals surface area contributed by atoms with Gasteiger partial charge in [0, 0.05) is 31.9 Å². The zero-order valence-corrected chi connectivity index (χ0v) is 10.6. The lowest BCUT2D eigenvalue weighted by molar-refractivity contribution is 0.0946. The number of amides is 1. The number of aromatic nitrogens is 2. The van der Waals surface area contributed by atoms with Gasteiger partial charge in [0.15, 0.2) is 0 Å². The Hall–Kier alpha value is -2.21. The second-order valence-corrected chi connectivity index (χ2v) is 4.24. The molecule has 0 saturated heterocycles. The van der Waals surface area contributed by atoms with Gasteiger partial charge < -0.3 is 15.6 Å². The summed E-state index contributed by atoms with van der Waals surface area (Å²) < 4.78 is 15.3. The standard InChI is InChI=1S/C13H15FN4O/c1-18-7-12(17-8-18)13(19)16-6-10-3-2-9(5-15)4-11(10)14/h2-4,7-8H,5-6,15H2,1H3,(H,16,19). The van der Waals surface area contributed by atoms with Crippen molar-refractivity contribution < 1.29 is 9.18 Å². The number of imidazole rings is 1. The first-order valence-corrected chi connectivity index (χ1v) is 5.83. The van der Waals surface area contributed by atoms with Gasteiger partial charge in [-0.1, -0.05) is 12.1 Å². The number of carbonyl (C=O) groups excluding carboxylic acids is 1. The zero-order valence-electron chi connectivity index (χ0n) is 10.6. The molecule has 2 rings (SSSR count). The van der Waals surface area contributed by atoms with Crippen LogP contribution in [0.5, 0.6) is 0 Å². The fraction of sp³-hybridized carbons (Fsp3) is 0.231. The second kappa shape index (κ2) is 5.62. The van der Waals surface area contributed by atoms with Gasteiger partial charge in [-0.3, -0.25) is 4.79 Å². The van der Waals surface area contributed by atoms with E-state index in [2.05, 4.69) is 10.3 Å². The summed E-state index contributed by atoms with van der Waals surface area (Å²) in [6, 6.07) is 4.74. The summed E-state index contributed by atoms with van der Waals surface area (Å²) in [5, 5.41) is 2.62.